The van der Waals surface area contributed by atoms with Crippen LogP contribution >= 0.6 is 11.8 Å². The summed E-state index contributed by atoms with van der Waals surface area (Å²) in [6, 6.07) is 8.26. The van der Waals surface area contributed by atoms with Crippen LogP contribution in [0.2, 0.25) is 0 Å². The third-order valence-electron chi connectivity index (χ3n) is 4.40. The lowest BCUT2D eigenvalue weighted by atomic mass is 10.1. The van der Waals surface area contributed by atoms with Gasteiger partial charge in [-0.2, -0.15) is 11.8 Å². The molecule has 0 spiro atoms. The molecule has 0 heterocycles. The van der Waals surface area contributed by atoms with Gasteiger partial charge in [-0.25, -0.2) is 0 Å². The van der Waals surface area contributed by atoms with Gasteiger partial charge in [-0.05, 0) is 49.6 Å². The molecule has 1 aromatic carbocycles. The number of amides is 1. The maximum atomic E-state index is 11.7. The highest BCUT2D eigenvalue weighted by Gasteiger charge is 2.24. The van der Waals surface area contributed by atoms with E-state index in [1.54, 1.807) is 7.05 Å². The Morgan fingerprint density at radius 2 is 2.21 bits per heavy atom. The van der Waals surface area contributed by atoms with Crippen molar-refractivity contribution in [1.29, 1.82) is 0 Å². The third-order valence-corrected chi connectivity index (χ3v) is 5.50. The first kappa shape index (κ1) is 18.6. The van der Waals surface area contributed by atoms with Crippen molar-refractivity contribution in [2.45, 2.75) is 37.0 Å². The number of nitrogens with one attached hydrogen (secondary N) is 3. The molecule has 24 heavy (non-hydrogen) atoms. The second kappa shape index (κ2) is 9.57. The molecule has 132 valence electrons. The van der Waals surface area contributed by atoms with E-state index in [-0.39, 0.29) is 5.91 Å². The van der Waals surface area contributed by atoms with Crippen LogP contribution in [-0.2, 0) is 6.42 Å². The van der Waals surface area contributed by atoms with Gasteiger partial charge < -0.3 is 16.0 Å². The van der Waals surface area contributed by atoms with Gasteiger partial charge in [0, 0.05) is 37.5 Å². The van der Waals surface area contributed by atoms with Gasteiger partial charge in [0.1, 0.15) is 0 Å². The number of guanidine groups is 1. The summed E-state index contributed by atoms with van der Waals surface area (Å²) in [5.74, 6) is 0.816. The predicted octanol–water partition coefficient (Wildman–Crippen LogP) is 2.04. The number of hydrogen-bond donors (Lipinski definition) is 3. The van der Waals surface area contributed by atoms with E-state index in [1.807, 2.05) is 43.1 Å². The lowest BCUT2D eigenvalue weighted by molar-refractivity contribution is 0.0963. The minimum Gasteiger partial charge on any atom is -0.356 e. The number of rotatable bonds is 6. The van der Waals surface area contributed by atoms with Crippen molar-refractivity contribution in [3.63, 3.8) is 0 Å². The molecule has 2 atom stereocenters. The Morgan fingerprint density at radius 3 is 2.88 bits per heavy atom. The van der Waals surface area contributed by atoms with Crippen LogP contribution in [0.5, 0.6) is 0 Å². The average molecular weight is 349 g/mol. The van der Waals surface area contributed by atoms with E-state index in [0.29, 0.717) is 11.6 Å². The van der Waals surface area contributed by atoms with Crippen LogP contribution in [0.1, 0.15) is 35.2 Å². The quantitative estimate of drug-likeness (QED) is 0.544. The van der Waals surface area contributed by atoms with E-state index in [0.717, 1.165) is 29.7 Å². The van der Waals surface area contributed by atoms with Crippen LogP contribution in [0, 0.1) is 0 Å². The van der Waals surface area contributed by atoms with E-state index in [1.165, 1.54) is 19.3 Å². The monoisotopic (exact) mass is 348 g/mol. The second-order valence-corrected chi connectivity index (χ2v) is 7.18. The van der Waals surface area contributed by atoms with Gasteiger partial charge in [-0.3, -0.25) is 9.79 Å². The summed E-state index contributed by atoms with van der Waals surface area (Å²) in [4.78, 5) is 16.0. The number of nitrogens with zero attached hydrogens (tertiary/aromatic N) is 1. The largest absolute Gasteiger partial charge is 0.356 e. The van der Waals surface area contributed by atoms with Crippen molar-refractivity contribution in [1.82, 2.24) is 16.0 Å². The molecule has 6 heteroatoms. The molecule has 2 rings (SSSR count). The van der Waals surface area contributed by atoms with E-state index in [2.05, 4.69) is 27.2 Å². The number of benzene rings is 1. The minimum absolute atomic E-state index is 0.0492. The molecule has 2 unspecified atom stereocenters. The normalized spacial score (nSPS) is 20.7. The Hall–Kier alpha value is -1.69. The van der Waals surface area contributed by atoms with E-state index in [4.69, 9.17) is 0 Å². The Labute approximate surface area is 149 Å². The highest BCUT2D eigenvalue weighted by molar-refractivity contribution is 7.99. The summed E-state index contributed by atoms with van der Waals surface area (Å²) in [7, 11) is 3.46. The van der Waals surface area contributed by atoms with Crippen molar-refractivity contribution < 1.29 is 4.79 Å². The number of thioether (sulfide) groups is 1. The molecule has 1 aliphatic carbocycles. The maximum absolute atomic E-state index is 11.7. The first-order valence-electron chi connectivity index (χ1n) is 8.47. The fourth-order valence-corrected chi connectivity index (χ4v) is 3.81. The Balaban J connectivity index is 1.79. The number of hydrogen-bond acceptors (Lipinski definition) is 3. The number of aliphatic imine (C=N–C) groups is 1. The van der Waals surface area contributed by atoms with Gasteiger partial charge in [0.05, 0.1) is 0 Å². The molecule has 1 amide bonds. The highest BCUT2D eigenvalue weighted by Crippen LogP contribution is 2.27. The van der Waals surface area contributed by atoms with Crippen LogP contribution in [0.15, 0.2) is 29.3 Å². The van der Waals surface area contributed by atoms with Crippen LogP contribution < -0.4 is 16.0 Å². The molecule has 1 saturated carbocycles. The summed E-state index contributed by atoms with van der Waals surface area (Å²) in [6.07, 6.45) is 6.73. The van der Waals surface area contributed by atoms with Gasteiger partial charge in [-0.15, -0.1) is 0 Å². The number of carbonyl (C=O) groups is 1. The van der Waals surface area contributed by atoms with E-state index >= 15 is 0 Å². The average Bonchev–Trinajstić information content (AvgIpc) is 3.08. The second-order valence-electron chi connectivity index (χ2n) is 6.04. The zero-order valence-corrected chi connectivity index (χ0v) is 15.6. The van der Waals surface area contributed by atoms with Gasteiger partial charge in [0.2, 0.25) is 0 Å². The third kappa shape index (κ3) is 5.44. The molecule has 0 aromatic heterocycles. The zero-order chi connectivity index (χ0) is 17.4. The Morgan fingerprint density at radius 1 is 1.38 bits per heavy atom. The first-order chi connectivity index (χ1) is 11.7. The van der Waals surface area contributed by atoms with E-state index in [9.17, 15) is 4.79 Å². The van der Waals surface area contributed by atoms with Gasteiger partial charge in [-0.1, -0.05) is 12.1 Å². The summed E-state index contributed by atoms with van der Waals surface area (Å²) in [6.45, 7) is 0.787. The molecule has 1 aromatic rings. The van der Waals surface area contributed by atoms with Crippen molar-refractivity contribution in [3.05, 3.63) is 35.4 Å². The lowest BCUT2D eigenvalue weighted by Gasteiger charge is -2.17. The standard InChI is InChI=1S/C18H28N4OS/c1-19-17(23)14-6-4-5-13(11-14)9-10-21-18(20-2)22-15-7-8-16(12-15)24-3/h4-6,11,15-16H,7-10,12H2,1-3H3,(H,19,23)(H2,20,21,22). The van der Waals surface area contributed by atoms with Crippen LogP contribution in [0.4, 0.5) is 0 Å². The molecule has 0 radical (unpaired) electrons. The van der Waals surface area contributed by atoms with Crippen LogP contribution in [-0.4, -0.2) is 50.1 Å². The molecule has 0 bridgehead atoms. The Kier molecular flexibility index (Phi) is 7.43. The molecular formula is C18H28N4OS. The fourth-order valence-electron chi connectivity index (χ4n) is 3.01. The van der Waals surface area contributed by atoms with Crippen molar-refractivity contribution in [2.75, 3.05) is 26.9 Å². The topological polar surface area (TPSA) is 65.5 Å². The van der Waals surface area contributed by atoms with Crippen LogP contribution in [0.25, 0.3) is 0 Å². The van der Waals surface area contributed by atoms with Gasteiger partial charge in [0.25, 0.3) is 5.91 Å². The fraction of sp³-hybridized carbons (Fsp3) is 0.556. The summed E-state index contributed by atoms with van der Waals surface area (Å²) < 4.78 is 0. The van der Waals surface area contributed by atoms with Crippen molar-refractivity contribution in [3.8, 4) is 0 Å². The maximum Gasteiger partial charge on any atom is 0.251 e. The van der Waals surface area contributed by atoms with Crippen LogP contribution in [0.3, 0.4) is 0 Å². The minimum atomic E-state index is -0.0492. The van der Waals surface area contributed by atoms with Gasteiger partial charge in [0.15, 0.2) is 5.96 Å². The zero-order valence-electron chi connectivity index (χ0n) is 14.8. The van der Waals surface area contributed by atoms with Crippen molar-refractivity contribution in [2.24, 2.45) is 4.99 Å². The summed E-state index contributed by atoms with van der Waals surface area (Å²) >= 11 is 1.96. The van der Waals surface area contributed by atoms with Crippen molar-refractivity contribution >= 4 is 23.6 Å². The Bertz CT molecular complexity index is 576. The predicted molar refractivity (Wildman–Crippen MR) is 103 cm³/mol. The molecule has 3 N–H and O–H groups in total. The lowest BCUT2D eigenvalue weighted by Crippen LogP contribution is -2.43. The SMILES string of the molecule is CN=C(NCCc1cccc(C(=O)NC)c1)NC1CCC(SC)C1. The summed E-state index contributed by atoms with van der Waals surface area (Å²) in [5.41, 5.74) is 1.84. The molecular weight excluding hydrogens is 320 g/mol. The molecule has 1 fully saturated rings. The van der Waals surface area contributed by atoms with Gasteiger partial charge >= 0.3 is 0 Å². The smallest absolute Gasteiger partial charge is 0.251 e. The number of carbonyl (C=O) groups excluding carboxylic acids is 1. The molecule has 5 nitrogen and oxygen atoms in total. The molecule has 1 aliphatic rings. The highest BCUT2D eigenvalue weighted by atomic mass is 32.2. The summed E-state index contributed by atoms with van der Waals surface area (Å²) in [5, 5.41) is 10.3. The first-order valence-corrected chi connectivity index (χ1v) is 9.76. The van der Waals surface area contributed by atoms with E-state index < -0.39 is 0 Å². The molecule has 0 saturated heterocycles. The molecule has 0 aliphatic heterocycles.